The van der Waals surface area contributed by atoms with Crippen molar-refractivity contribution < 1.29 is 9.59 Å². The van der Waals surface area contributed by atoms with Crippen molar-refractivity contribution in [1.29, 1.82) is 0 Å². The lowest BCUT2D eigenvalue weighted by molar-refractivity contribution is -0.122. The van der Waals surface area contributed by atoms with Crippen LogP contribution in [0.2, 0.25) is 0 Å². The van der Waals surface area contributed by atoms with Crippen molar-refractivity contribution in [2.75, 3.05) is 0 Å². The lowest BCUT2D eigenvalue weighted by atomic mass is 10.3. The van der Waals surface area contributed by atoms with Crippen LogP contribution in [0.5, 0.6) is 0 Å². The first-order valence-electron chi connectivity index (χ1n) is 2.29. The molecule has 0 saturated carbocycles. The number of hydrogen-bond donors (Lipinski definition) is 3. The number of thiol groups is 1. The molecule has 0 fully saturated rings. The molecule has 0 aliphatic carbocycles. The van der Waals surface area contributed by atoms with E-state index >= 15 is 0 Å². The summed E-state index contributed by atoms with van der Waals surface area (Å²) in [6, 6.07) is 0. The van der Waals surface area contributed by atoms with E-state index in [1.807, 2.05) is 0 Å². The predicted octanol–water partition coefficient (Wildman–Crippen LogP) is -1.35. The first-order chi connectivity index (χ1) is 4.04. The molecule has 0 spiro atoms. The van der Waals surface area contributed by atoms with Gasteiger partial charge in [0.1, 0.15) is 0 Å². The predicted molar refractivity (Wildman–Crippen MR) is 35.8 cm³/mol. The monoisotopic (exact) mass is 148 g/mol. The normalized spacial score (nSPS) is 12.6. The number of primary amides is 2. The van der Waals surface area contributed by atoms with E-state index in [1.165, 1.54) is 0 Å². The van der Waals surface area contributed by atoms with E-state index in [0.29, 0.717) is 0 Å². The number of carbonyl (C=O) groups is 2. The molecule has 0 aliphatic heterocycles. The van der Waals surface area contributed by atoms with Gasteiger partial charge in [-0.2, -0.15) is 12.6 Å². The van der Waals surface area contributed by atoms with Gasteiger partial charge in [0, 0.05) is 6.42 Å². The van der Waals surface area contributed by atoms with Gasteiger partial charge in [0.25, 0.3) is 0 Å². The van der Waals surface area contributed by atoms with Crippen LogP contribution in [0, 0.1) is 0 Å². The van der Waals surface area contributed by atoms with E-state index in [0.717, 1.165) is 0 Å². The fourth-order valence-electron chi connectivity index (χ4n) is 0.291. The fourth-order valence-corrected chi connectivity index (χ4v) is 0.471. The summed E-state index contributed by atoms with van der Waals surface area (Å²) < 4.78 is 0. The zero-order valence-electron chi connectivity index (χ0n) is 4.70. The highest BCUT2D eigenvalue weighted by atomic mass is 32.1. The minimum absolute atomic E-state index is 0.0988. The van der Waals surface area contributed by atoms with Crippen molar-refractivity contribution in [2.45, 2.75) is 11.7 Å². The third kappa shape index (κ3) is 3.84. The van der Waals surface area contributed by atoms with Crippen LogP contribution >= 0.6 is 12.6 Å². The third-order valence-electron chi connectivity index (χ3n) is 0.723. The first-order valence-corrected chi connectivity index (χ1v) is 2.81. The highest BCUT2D eigenvalue weighted by molar-refractivity contribution is 7.81. The zero-order chi connectivity index (χ0) is 7.44. The number of rotatable bonds is 3. The van der Waals surface area contributed by atoms with E-state index in [-0.39, 0.29) is 6.42 Å². The lowest BCUT2D eigenvalue weighted by Crippen LogP contribution is -2.28. The topological polar surface area (TPSA) is 86.2 Å². The number of nitrogens with two attached hydrogens (primary N) is 2. The van der Waals surface area contributed by atoms with E-state index in [9.17, 15) is 9.59 Å². The van der Waals surface area contributed by atoms with Gasteiger partial charge in [-0.3, -0.25) is 9.59 Å². The summed E-state index contributed by atoms with van der Waals surface area (Å²) in [7, 11) is 0. The highest BCUT2D eigenvalue weighted by Crippen LogP contribution is 1.97. The highest BCUT2D eigenvalue weighted by Gasteiger charge is 2.11. The minimum Gasteiger partial charge on any atom is -0.370 e. The molecule has 9 heavy (non-hydrogen) atoms. The Bertz CT molecular complexity index is 137. The molecule has 0 radical (unpaired) electrons. The Morgan fingerprint density at radius 3 is 2.00 bits per heavy atom. The maximum atomic E-state index is 10.2. The molecule has 0 heterocycles. The number of amides is 2. The summed E-state index contributed by atoms with van der Waals surface area (Å²) in [5.41, 5.74) is 9.50. The van der Waals surface area contributed by atoms with Crippen molar-refractivity contribution in [2.24, 2.45) is 11.5 Å². The summed E-state index contributed by atoms with van der Waals surface area (Å²) in [4.78, 5) is 20.3. The Hall–Kier alpha value is -0.710. The first kappa shape index (κ1) is 8.29. The minimum atomic E-state index is -0.748. The van der Waals surface area contributed by atoms with Gasteiger partial charge in [0.15, 0.2) is 0 Å². The second kappa shape index (κ2) is 3.34. The molecule has 52 valence electrons. The van der Waals surface area contributed by atoms with Crippen LogP contribution in [0.4, 0.5) is 0 Å². The van der Waals surface area contributed by atoms with Crippen molar-refractivity contribution in [3.63, 3.8) is 0 Å². The lowest BCUT2D eigenvalue weighted by Gasteiger charge is -1.99. The van der Waals surface area contributed by atoms with Crippen molar-refractivity contribution in [1.82, 2.24) is 0 Å². The maximum Gasteiger partial charge on any atom is 0.230 e. The van der Waals surface area contributed by atoms with Crippen molar-refractivity contribution in [3.05, 3.63) is 0 Å². The van der Waals surface area contributed by atoms with Gasteiger partial charge >= 0.3 is 0 Å². The molecular weight excluding hydrogens is 140 g/mol. The van der Waals surface area contributed by atoms with Crippen LogP contribution in [-0.2, 0) is 9.59 Å². The summed E-state index contributed by atoms with van der Waals surface area (Å²) in [6.45, 7) is 0. The SMILES string of the molecule is NC(=O)CC(S)C(N)=O. The van der Waals surface area contributed by atoms with E-state index in [1.54, 1.807) is 0 Å². The maximum absolute atomic E-state index is 10.2. The fraction of sp³-hybridized carbons (Fsp3) is 0.500. The van der Waals surface area contributed by atoms with Crippen LogP contribution in [0.15, 0.2) is 0 Å². The molecule has 2 amide bonds. The molecule has 5 heteroatoms. The van der Waals surface area contributed by atoms with Crippen molar-refractivity contribution in [3.8, 4) is 0 Å². The molecule has 0 saturated heterocycles. The summed E-state index contributed by atoms with van der Waals surface area (Å²) >= 11 is 3.69. The van der Waals surface area contributed by atoms with Gasteiger partial charge in [-0.05, 0) is 0 Å². The Labute approximate surface area is 58.0 Å². The van der Waals surface area contributed by atoms with E-state index in [4.69, 9.17) is 11.5 Å². The van der Waals surface area contributed by atoms with Gasteiger partial charge in [-0.15, -0.1) is 0 Å². The molecule has 1 atom stereocenters. The van der Waals surface area contributed by atoms with Crippen LogP contribution in [0.3, 0.4) is 0 Å². The number of carbonyl (C=O) groups excluding carboxylic acids is 2. The van der Waals surface area contributed by atoms with Crippen LogP contribution in [-0.4, -0.2) is 17.1 Å². The Kier molecular flexibility index (Phi) is 3.08. The second-order valence-electron chi connectivity index (χ2n) is 1.59. The van der Waals surface area contributed by atoms with E-state index in [2.05, 4.69) is 12.6 Å². The molecule has 0 bridgehead atoms. The number of hydrogen-bond acceptors (Lipinski definition) is 3. The molecule has 0 aromatic carbocycles. The Balaban J connectivity index is 3.63. The van der Waals surface area contributed by atoms with Gasteiger partial charge < -0.3 is 11.5 Å². The second-order valence-corrected chi connectivity index (χ2v) is 2.21. The quantitative estimate of drug-likeness (QED) is 0.432. The summed E-state index contributed by atoms with van der Waals surface area (Å²) in [5.74, 6) is -1.20. The molecule has 0 aromatic heterocycles. The van der Waals surface area contributed by atoms with Gasteiger partial charge in [0.2, 0.25) is 11.8 Å². The van der Waals surface area contributed by atoms with E-state index < -0.39 is 17.1 Å². The van der Waals surface area contributed by atoms with Crippen LogP contribution in [0.1, 0.15) is 6.42 Å². The van der Waals surface area contributed by atoms with Gasteiger partial charge in [0.05, 0.1) is 5.25 Å². The molecule has 1 unspecified atom stereocenters. The smallest absolute Gasteiger partial charge is 0.230 e. The van der Waals surface area contributed by atoms with Crippen LogP contribution in [0.25, 0.3) is 0 Å². The molecule has 4 N–H and O–H groups in total. The largest absolute Gasteiger partial charge is 0.370 e. The molecule has 0 aliphatic rings. The van der Waals surface area contributed by atoms with Crippen molar-refractivity contribution >= 4 is 24.4 Å². The molecule has 0 rings (SSSR count). The van der Waals surface area contributed by atoms with Gasteiger partial charge in [-0.1, -0.05) is 0 Å². The Morgan fingerprint density at radius 2 is 1.89 bits per heavy atom. The molecular formula is C4H8N2O2S. The summed E-state index contributed by atoms with van der Waals surface area (Å²) in [6.07, 6.45) is -0.0988. The average Bonchev–Trinajstić information content (AvgIpc) is 1.63. The average molecular weight is 148 g/mol. The zero-order valence-corrected chi connectivity index (χ0v) is 5.60. The molecule has 0 aromatic rings. The third-order valence-corrected chi connectivity index (χ3v) is 1.16. The van der Waals surface area contributed by atoms with Crippen LogP contribution < -0.4 is 11.5 Å². The molecule has 4 nitrogen and oxygen atoms in total. The summed E-state index contributed by atoms with van der Waals surface area (Å²) in [5, 5.41) is -0.748. The van der Waals surface area contributed by atoms with Gasteiger partial charge in [-0.25, -0.2) is 0 Å². The Morgan fingerprint density at radius 1 is 1.44 bits per heavy atom. The standard InChI is InChI=1S/C4H8N2O2S/c5-3(7)1-2(9)4(6)8/h2,9H,1H2,(H2,5,7)(H2,6,8).